The highest BCUT2D eigenvalue weighted by molar-refractivity contribution is 5.59. The number of aryl methyl sites for hydroxylation is 1. The molecule has 2 aromatic carbocycles. The van der Waals surface area contributed by atoms with Crippen LogP contribution in [0.4, 0.5) is 13.2 Å². The van der Waals surface area contributed by atoms with Gasteiger partial charge in [-0.3, -0.25) is 4.68 Å². The van der Waals surface area contributed by atoms with E-state index in [0.717, 1.165) is 11.3 Å². The molecule has 0 spiro atoms. The summed E-state index contributed by atoms with van der Waals surface area (Å²) < 4.78 is 47.4. The standard InChI is InChI=1S/C27H25F3N4O4/c1-16-13-21(32-34(16)15-17-3-2-4-20(14-17)25(11-12-25)27(35,36)37)23-31-22(33-38-23)18-5-7-19(8-6-18)24(9-10-24)26(28,29)30/h2-8,13-14,35-37H,9-12,15H2,1H3. The van der Waals surface area contributed by atoms with Crippen molar-refractivity contribution in [1.29, 1.82) is 0 Å². The van der Waals surface area contributed by atoms with E-state index in [1.54, 1.807) is 35.0 Å². The SMILES string of the molecule is Cc1cc(-c2nc(-c3ccc(C4(C(F)(F)F)CC4)cc3)no2)nn1Cc1cccc(C2(C(O)(O)O)CC2)c1. The van der Waals surface area contributed by atoms with Crippen molar-refractivity contribution in [2.75, 3.05) is 0 Å². The number of benzene rings is 2. The molecule has 2 saturated carbocycles. The fraction of sp³-hybridized carbons (Fsp3) is 0.370. The van der Waals surface area contributed by atoms with Crippen molar-refractivity contribution >= 4 is 0 Å². The van der Waals surface area contributed by atoms with E-state index < -0.39 is 23.0 Å². The van der Waals surface area contributed by atoms with Gasteiger partial charge in [0.2, 0.25) is 5.82 Å². The first-order valence-electron chi connectivity index (χ1n) is 12.2. The third-order valence-electron chi connectivity index (χ3n) is 7.82. The van der Waals surface area contributed by atoms with E-state index in [2.05, 4.69) is 15.2 Å². The van der Waals surface area contributed by atoms with Gasteiger partial charge in [-0.25, -0.2) is 0 Å². The number of rotatable bonds is 7. The summed E-state index contributed by atoms with van der Waals surface area (Å²) in [7, 11) is 0. The molecular formula is C27H25F3N4O4. The summed E-state index contributed by atoms with van der Waals surface area (Å²) in [6.45, 7) is 2.25. The highest BCUT2D eigenvalue weighted by Gasteiger charge is 2.64. The van der Waals surface area contributed by atoms with Gasteiger partial charge in [0.1, 0.15) is 0 Å². The Kier molecular flexibility index (Phi) is 5.36. The van der Waals surface area contributed by atoms with Gasteiger partial charge in [0, 0.05) is 11.3 Å². The summed E-state index contributed by atoms with van der Waals surface area (Å²) in [4.78, 5) is 4.39. The molecule has 2 aromatic heterocycles. The van der Waals surface area contributed by atoms with Crippen LogP contribution in [0.5, 0.6) is 0 Å². The molecule has 2 aliphatic carbocycles. The summed E-state index contributed by atoms with van der Waals surface area (Å²) in [5.41, 5.74) is 0.714. The molecule has 0 aliphatic heterocycles. The van der Waals surface area contributed by atoms with E-state index in [1.807, 2.05) is 19.1 Å². The van der Waals surface area contributed by atoms with Gasteiger partial charge < -0.3 is 19.8 Å². The van der Waals surface area contributed by atoms with Crippen molar-refractivity contribution in [3.8, 4) is 23.0 Å². The van der Waals surface area contributed by atoms with Crippen LogP contribution in [0.1, 0.15) is 48.1 Å². The zero-order chi connectivity index (χ0) is 26.9. The smallest absolute Gasteiger partial charge is 0.343 e. The molecule has 0 unspecified atom stereocenters. The second-order valence-electron chi connectivity index (χ2n) is 10.3. The Hall–Kier alpha value is -3.54. The predicted octanol–water partition coefficient (Wildman–Crippen LogP) is 4.21. The molecule has 0 radical (unpaired) electrons. The summed E-state index contributed by atoms with van der Waals surface area (Å²) >= 11 is 0. The zero-order valence-electron chi connectivity index (χ0n) is 20.4. The Balaban J connectivity index is 1.20. The van der Waals surface area contributed by atoms with Crippen molar-refractivity contribution in [2.45, 2.75) is 62.1 Å². The van der Waals surface area contributed by atoms with Gasteiger partial charge in [-0.15, -0.1) is 0 Å². The molecule has 8 nitrogen and oxygen atoms in total. The fourth-order valence-corrected chi connectivity index (χ4v) is 5.10. The van der Waals surface area contributed by atoms with Crippen LogP contribution in [0, 0.1) is 6.92 Å². The molecule has 6 rings (SSSR count). The molecule has 2 fully saturated rings. The summed E-state index contributed by atoms with van der Waals surface area (Å²) in [5.74, 6) is -2.36. The molecule has 3 N–H and O–H groups in total. The van der Waals surface area contributed by atoms with Gasteiger partial charge in [-0.1, -0.05) is 53.7 Å². The highest BCUT2D eigenvalue weighted by Crippen LogP contribution is 2.59. The molecule has 0 bridgehead atoms. The van der Waals surface area contributed by atoms with Crippen LogP contribution in [-0.4, -0.2) is 47.4 Å². The molecule has 0 amide bonds. The lowest BCUT2D eigenvalue weighted by atomic mass is 9.92. The molecular weight excluding hydrogens is 501 g/mol. The molecule has 11 heteroatoms. The van der Waals surface area contributed by atoms with E-state index in [4.69, 9.17) is 4.52 Å². The lowest BCUT2D eigenvalue weighted by Gasteiger charge is -2.26. The summed E-state index contributed by atoms with van der Waals surface area (Å²) in [6.07, 6.45) is -3.14. The highest BCUT2D eigenvalue weighted by atomic mass is 19.4. The van der Waals surface area contributed by atoms with E-state index in [0.29, 0.717) is 36.2 Å². The summed E-state index contributed by atoms with van der Waals surface area (Å²) in [6, 6.07) is 15.1. The number of alkyl halides is 3. The summed E-state index contributed by atoms with van der Waals surface area (Å²) in [5, 5.41) is 38.0. The fourth-order valence-electron chi connectivity index (χ4n) is 5.10. The second-order valence-corrected chi connectivity index (χ2v) is 10.3. The van der Waals surface area contributed by atoms with Crippen molar-refractivity contribution in [1.82, 2.24) is 19.9 Å². The van der Waals surface area contributed by atoms with Gasteiger partial charge in [0.05, 0.1) is 17.4 Å². The molecule has 0 saturated heterocycles. The van der Waals surface area contributed by atoms with Gasteiger partial charge in [-0.2, -0.15) is 23.3 Å². The average molecular weight is 527 g/mol. The Morgan fingerprint density at radius 3 is 2.21 bits per heavy atom. The average Bonchev–Trinajstić information content (AvgIpc) is 3.77. The first-order chi connectivity index (χ1) is 17.9. The van der Waals surface area contributed by atoms with Crippen LogP contribution in [0.3, 0.4) is 0 Å². The third-order valence-corrected chi connectivity index (χ3v) is 7.82. The van der Waals surface area contributed by atoms with Crippen molar-refractivity contribution in [3.63, 3.8) is 0 Å². The molecule has 4 aromatic rings. The molecule has 38 heavy (non-hydrogen) atoms. The molecule has 198 valence electrons. The monoisotopic (exact) mass is 526 g/mol. The number of nitrogens with zero attached hydrogens (tertiary/aromatic N) is 4. The van der Waals surface area contributed by atoms with Crippen LogP contribution in [-0.2, 0) is 17.4 Å². The first-order valence-corrected chi connectivity index (χ1v) is 12.2. The van der Waals surface area contributed by atoms with Crippen molar-refractivity contribution in [3.05, 3.63) is 77.0 Å². The van der Waals surface area contributed by atoms with E-state index in [1.165, 1.54) is 12.1 Å². The molecule has 2 heterocycles. The van der Waals surface area contributed by atoms with Crippen LogP contribution in [0.2, 0.25) is 0 Å². The Morgan fingerprint density at radius 2 is 1.61 bits per heavy atom. The number of halogens is 3. The van der Waals surface area contributed by atoms with E-state index >= 15 is 0 Å². The maximum Gasteiger partial charge on any atom is 0.398 e. The predicted molar refractivity (Wildman–Crippen MR) is 129 cm³/mol. The quantitative estimate of drug-likeness (QED) is 0.309. The van der Waals surface area contributed by atoms with Crippen LogP contribution < -0.4 is 0 Å². The normalized spacial score (nSPS) is 18.0. The van der Waals surface area contributed by atoms with Crippen LogP contribution >= 0.6 is 0 Å². The Bertz CT molecular complexity index is 1490. The van der Waals surface area contributed by atoms with Crippen molar-refractivity contribution < 1.29 is 33.0 Å². The van der Waals surface area contributed by atoms with Crippen LogP contribution in [0.15, 0.2) is 59.1 Å². The number of aromatic nitrogens is 4. The largest absolute Gasteiger partial charge is 0.398 e. The second kappa shape index (κ2) is 8.23. The van der Waals surface area contributed by atoms with Crippen molar-refractivity contribution in [2.24, 2.45) is 0 Å². The molecule has 2 aliphatic rings. The van der Waals surface area contributed by atoms with E-state index in [-0.39, 0.29) is 30.1 Å². The number of hydrogen-bond donors (Lipinski definition) is 3. The third kappa shape index (κ3) is 4.01. The minimum Gasteiger partial charge on any atom is -0.343 e. The van der Waals surface area contributed by atoms with Crippen LogP contribution in [0.25, 0.3) is 23.0 Å². The lowest BCUT2D eigenvalue weighted by Crippen LogP contribution is -2.42. The van der Waals surface area contributed by atoms with Gasteiger partial charge in [0.15, 0.2) is 5.69 Å². The zero-order valence-corrected chi connectivity index (χ0v) is 20.4. The van der Waals surface area contributed by atoms with Gasteiger partial charge >= 0.3 is 6.18 Å². The Labute approximate surface area is 215 Å². The topological polar surface area (TPSA) is 117 Å². The lowest BCUT2D eigenvalue weighted by molar-refractivity contribution is -0.333. The maximum absolute atomic E-state index is 13.4. The first kappa shape index (κ1) is 24.8. The number of aliphatic hydroxyl groups is 3. The van der Waals surface area contributed by atoms with Gasteiger partial charge in [-0.05, 0) is 55.4 Å². The minimum atomic E-state index is -4.27. The number of hydrogen-bond acceptors (Lipinski definition) is 7. The van der Waals surface area contributed by atoms with E-state index in [9.17, 15) is 28.5 Å². The van der Waals surface area contributed by atoms with Gasteiger partial charge in [0.25, 0.3) is 11.9 Å². The maximum atomic E-state index is 13.4. The Morgan fingerprint density at radius 1 is 0.921 bits per heavy atom. The molecule has 0 atom stereocenters. The minimum absolute atomic E-state index is 0.0977.